The molecule has 2 aliphatic rings. The van der Waals surface area contributed by atoms with E-state index in [9.17, 15) is 9.59 Å². The Morgan fingerprint density at radius 1 is 1.08 bits per heavy atom. The number of primary amides is 1. The zero-order chi connectivity index (χ0) is 17.8. The van der Waals surface area contributed by atoms with Crippen molar-refractivity contribution in [2.45, 2.75) is 44.9 Å². The van der Waals surface area contributed by atoms with E-state index in [0.29, 0.717) is 4.34 Å². The van der Waals surface area contributed by atoms with Gasteiger partial charge in [-0.15, -0.1) is 11.3 Å². The SMILES string of the molecule is NC(=O)[C@H]1CC[C@H](CCN2CCC(C(=O)c3ccc(Cl)s3)CC2)CC1. The molecule has 2 fully saturated rings. The van der Waals surface area contributed by atoms with Gasteiger partial charge in [-0.25, -0.2) is 0 Å². The van der Waals surface area contributed by atoms with E-state index >= 15 is 0 Å². The average molecular weight is 383 g/mol. The molecular weight excluding hydrogens is 356 g/mol. The summed E-state index contributed by atoms with van der Waals surface area (Å²) in [5.41, 5.74) is 5.40. The molecule has 1 amide bonds. The van der Waals surface area contributed by atoms with Crippen LogP contribution in [-0.2, 0) is 4.79 Å². The van der Waals surface area contributed by atoms with Crippen molar-refractivity contribution in [1.29, 1.82) is 0 Å². The number of amides is 1. The van der Waals surface area contributed by atoms with Crippen LogP contribution in [0.5, 0.6) is 0 Å². The number of ketones is 1. The Morgan fingerprint density at radius 2 is 1.76 bits per heavy atom. The Labute approximate surface area is 158 Å². The number of nitrogens with two attached hydrogens (primary N) is 1. The minimum atomic E-state index is -0.128. The predicted octanol–water partition coefficient (Wildman–Crippen LogP) is 3.98. The quantitative estimate of drug-likeness (QED) is 0.757. The highest BCUT2D eigenvalue weighted by Gasteiger charge is 2.28. The van der Waals surface area contributed by atoms with E-state index in [2.05, 4.69) is 4.90 Å². The number of nitrogens with zero attached hydrogens (tertiary/aromatic N) is 1. The van der Waals surface area contributed by atoms with Crippen LogP contribution in [0.15, 0.2) is 12.1 Å². The summed E-state index contributed by atoms with van der Waals surface area (Å²) in [4.78, 5) is 27.0. The lowest BCUT2D eigenvalue weighted by Crippen LogP contribution is -2.37. The maximum Gasteiger partial charge on any atom is 0.220 e. The molecule has 0 aromatic carbocycles. The Bertz CT molecular complexity index is 602. The maximum absolute atomic E-state index is 12.5. The van der Waals surface area contributed by atoms with Crippen LogP contribution < -0.4 is 5.73 Å². The summed E-state index contributed by atoms with van der Waals surface area (Å²) in [6.45, 7) is 3.12. The molecule has 1 aromatic rings. The number of likely N-dealkylation sites (tertiary alicyclic amines) is 1. The maximum atomic E-state index is 12.5. The molecule has 0 radical (unpaired) electrons. The molecule has 1 aliphatic carbocycles. The second-order valence-electron chi connectivity index (χ2n) is 7.49. The fraction of sp³-hybridized carbons (Fsp3) is 0.684. The van der Waals surface area contributed by atoms with Gasteiger partial charge in [-0.2, -0.15) is 0 Å². The first kappa shape index (κ1) is 18.9. The summed E-state index contributed by atoms with van der Waals surface area (Å²) in [5, 5.41) is 0. The molecule has 0 spiro atoms. The van der Waals surface area contributed by atoms with Gasteiger partial charge in [0.25, 0.3) is 0 Å². The van der Waals surface area contributed by atoms with Crippen molar-refractivity contribution >= 4 is 34.6 Å². The predicted molar refractivity (Wildman–Crippen MR) is 102 cm³/mol. The molecule has 6 heteroatoms. The first-order valence-corrected chi connectivity index (χ1v) is 10.5. The highest BCUT2D eigenvalue weighted by Crippen LogP contribution is 2.32. The fourth-order valence-corrected chi connectivity index (χ4v) is 5.23. The van der Waals surface area contributed by atoms with E-state index in [4.69, 9.17) is 17.3 Å². The Morgan fingerprint density at radius 3 is 2.32 bits per heavy atom. The summed E-state index contributed by atoms with van der Waals surface area (Å²) in [5.74, 6) is 1.11. The molecule has 1 saturated heterocycles. The highest BCUT2D eigenvalue weighted by atomic mass is 35.5. The number of carbonyl (C=O) groups excluding carboxylic acids is 2. The van der Waals surface area contributed by atoms with Crippen molar-refractivity contribution in [2.24, 2.45) is 23.5 Å². The van der Waals surface area contributed by atoms with Crippen LogP contribution >= 0.6 is 22.9 Å². The molecular formula is C19H27ClN2O2S. The second-order valence-corrected chi connectivity index (χ2v) is 9.21. The summed E-state index contributed by atoms with van der Waals surface area (Å²) in [6, 6.07) is 3.66. The molecule has 2 heterocycles. The number of rotatable bonds is 6. The van der Waals surface area contributed by atoms with Crippen molar-refractivity contribution in [2.75, 3.05) is 19.6 Å². The van der Waals surface area contributed by atoms with Gasteiger partial charge in [-0.3, -0.25) is 9.59 Å². The molecule has 0 unspecified atom stereocenters. The molecule has 1 aromatic heterocycles. The van der Waals surface area contributed by atoms with E-state index in [0.717, 1.165) is 69.0 Å². The third kappa shape index (κ3) is 5.05. The lowest BCUT2D eigenvalue weighted by molar-refractivity contribution is -0.123. The second kappa shape index (κ2) is 8.65. The van der Waals surface area contributed by atoms with Gasteiger partial charge in [0.15, 0.2) is 5.78 Å². The molecule has 1 aliphatic heterocycles. The third-order valence-corrected chi connectivity index (χ3v) is 7.12. The normalized spacial score (nSPS) is 25.8. The number of carbonyl (C=O) groups is 2. The number of hydrogen-bond donors (Lipinski definition) is 1. The summed E-state index contributed by atoms with van der Waals surface area (Å²) in [7, 11) is 0. The Hall–Kier alpha value is -0.910. The largest absolute Gasteiger partial charge is 0.369 e. The molecule has 3 rings (SSSR count). The van der Waals surface area contributed by atoms with Gasteiger partial charge in [0, 0.05) is 11.8 Å². The van der Waals surface area contributed by atoms with E-state index in [1.165, 1.54) is 17.8 Å². The van der Waals surface area contributed by atoms with Crippen molar-refractivity contribution in [3.05, 3.63) is 21.3 Å². The number of thiophene rings is 1. The van der Waals surface area contributed by atoms with Gasteiger partial charge < -0.3 is 10.6 Å². The third-order valence-electron chi connectivity index (χ3n) is 5.88. The van der Waals surface area contributed by atoms with E-state index < -0.39 is 0 Å². The van der Waals surface area contributed by atoms with Crippen LogP contribution in [0.4, 0.5) is 0 Å². The van der Waals surface area contributed by atoms with Crippen molar-refractivity contribution < 1.29 is 9.59 Å². The fourth-order valence-electron chi connectivity index (χ4n) is 4.17. The monoisotopic (exact) mass is 382 g/mol. The Balaban J connectivity index is 1.37. The van der Waals surface area contributed by atoms with E-state index in [1.54, 1.807) is 0 Å². The standard InChI is InChI=1S/C19H27ClN2O2S/c20-17-6-5-16(25-17)18(23)14-8-11-22(12-9-14)10-7-13-1-3-15(4-2-13)19(21)24/h5-6,13-15H,1-4,7-12H2,(H2,21,24)/t13-,15-. The van der Waals surface area contributed by atoms with Gasteiger partial charge in [-0.05, 0) is 82.6 Å². The van der Waals surface area contributed by atoms with Gasteiger partial charge in [0.05, 0.1) is 9.21 Å². The van der Waals surface area contributed by atoms with Crippen LogP contribution in [0.2, 0.25) is 4.34 Å². The molecule has 0 atom stereocenters. The Kier molecular flexibility index (Phi) is 6.53. The van der Waals surface area contributed by atoms with Gasteiger partial charge in [0.1, 0.15) is 0 Å². The summed E-state index contributed by atoms with van der Waals surface area (Å²) in [6.07, 6.45) is 7.26. The first-order valence-electron chi connectivity index (χ1n) is 9.34. The van der Waals surface area contributed by atoms with Crippen molar-refractivity contribution in [3.8, 4) is 0 Å². The highest BCUT2D eigenvalue weighted by molar-refractivity contribution is 7.18. The van der Waals surface area contributed by atoms with Gasteiger partial charge >= 0.3 is 0 Å². The minimum absolute atomic E-state index is 0.101. The summed E-state index contributed by atoms with van der Waals surface area (Å²) >= 11 is 7.33. The smallest absolute Gasteiger partial charge is 0.220 e. The number of piperidine rings is 1. The van der Waals surface area contributed by atoms with E-state index in [1.807, 2.05) is 12.1 Å². The van der Waals surface area contributed by atoms with Crippen LogP contribution in [0.25, 0.3) is 0 Å². The zero-order valence-electron chi connectivity index (χ0n) is 14.6. The van der Waals surface area contributed by atoms with Crippen molar-refractivity contribution in [1.82, 2.24) is 4.90 Å². The molecule has 0 bridgehead atoms. The van der Waals surface area contributed by atoms with Crippen LogP contribution in [0, 0.1) is 17.8 Å². The van der Waals surface area contributed by atoms with Crippen molar-refractivity contribution in [3.63, 3.8) is 0 Å². The minimum Gasteiger partial charge on any atom is -0.369 e. The molecule has 138 valence electrons. The van der Waals surface area contributed by atoms with Crippen LogP contribution in [0.1, 0.15) is 54.6 Å². The molecule has 1 saturated carbocycles. The van der Waals surface area contributed by atoms with Gasteiger partial charge in [-0.1, -0.05) is 11.6 Å². The lowest BCUT2D eigenvalue weighted by atomic mass is 9.80. The molecule has 4 nitrogen and oxygen atoms in total. The first-order chi connectivity index (χ1) is 12.0. The number of hydrogen-bond acceptors (Lipinski definition) is 4. The summed E-state index contributed by atoms with van der Waals surface area (Å²) < 4.78 is 0.687. The zero-order valence-corrected chi connectivity index (χ0v) is 16.2. The number of Topliss-reactive ketones (excluding diaryl/α,β-unsaturated/α-hetero) is 1. The van der Waals surface area contributed by atoms with Crippen LogP contribution in [0.3, 0.4) is 0 Å². The van der Waals surface area contributed by atoms with Crippen LogP contribution in [-0.4, -0.2) is 36.2 Å². The lowest BCUT2D eigenvalue weighted by Gasteiger charge is -2.33. The molecule has 2 N–H and O–H groups in total. The molecule has 25 heavy (non-hydrogen) atoms. The van der Waals surface area contributed by atoms with Gasteiger partial charge in [0.2, 0.25) is 5.91 Å². The van der Waals surface area contributed by atoms with E-state index in [-0.39, 0.29) is 23.5 Å². The topological polar surface area (TPSA) is 63.4 Å². The average Bonchev–Trinajstić information content (AvgIpc) is 3.06. The number of halogens is 1.